The molecule has 3 heterocycles. The number of benzene rings is 2. The molecule has 4 unspecified atom stereocenters. The van der Waals surface area contributed by atoms with Gasteiger partial charge in [0, 0.05) is 22.0 Å². The fourth-order valence-corrected chi connectivity index (χ4v) is 4.39. The third-order valence-corrected chi connectivity index (χ3v) is 6.24. The molecule has 2 aromatic heterocycles. The van der Waals surface area contributed by atoms with Gasteiger partial charge >= 0.3 is 5.97 Å². The van der Waals surface area contributed by atoms with Crippen LogP contribution in [0.1, 0.15) is 17.4 Å². The van der Waals surface area contributed by atoms with Crippen molar-refractivity contribution in [1.29, 1.82) is 0 Å². The Hall–Kier alpha value is -4.42. The number of rotatable bonds is 9. The van der Waals surface area contributed by atoms with Crippen LogP contribution in [-0.4, -0.2) is 54.0 Å². The molecule has 0 bridgehead atoms. The molecule has 1 saturated heterocycles. The van der Waals surface area contributed by atoms with Crippen molar-refractivity contribution in [3.63, 3.8) is 0 Å². The van der Waals surface area contributed by atoms with E-state index >= 15 is 0 Å². The molecule has 2 aromatic carbocycles. The summed E-state index contributed by atoms with van der Waals surface area (Å²) < 4.78 is 12.9. The molecular weight excluding hydrogens is 516 g/mol. The van der Waals surface area contributed by atoms with Crippen molar-refractivity contribution in [2.75, 3.05) is 5.32 Å². The van der Waals surface area contributed by atoms with Crippen LogP contribution in [0.4, 0.5) is 5.82 Å². The maximum absolute atomic E-state index is 11.6. The minimum absolute atomic E-state index is 0.281. The number of nitrogens with zero attached hydrogens (tertiary/aromatic N) is 7. The van der Waals surface area contributed by atoms with Crippen LogP contribution in [-0.2, 0) is 22.7 Å². The molecule has 0 radical (unpaired) electrons. The molecule has 0 aliphatic carbocycles. The number of halogens is 1. The molecule has 5 rings (SSSR count). The van der Waals surface area contributed by atoms with Gasteiger partial charge in [0.15, 0.2) is 29.3 Å². The number of aliphatic carboxylic acids is 1. The van der Waals surface area contributed by atoms with Crippen molar-refractivity contribution in [1.82, 2.24) is 19.5 Å². The van der Waals surface area contributed by atoms with Gasteiger partial charge in [0.1, 0.15) is 30.8 Å². The molecule has 1 aliphatic heterocycles. The number of carboxylic acid groups (broad SMARTS) is 1. The van der Waals surface area contributed by atoms with Crippen LogP contribution in [0.15, 0.2) is 66.3 Å². The standard InChI is InChI=1S/C24H21ClN8O5/c25-15-6-7-16(37-10-13-4-2-1-3-5-13)14(8-15)9-27-21-18-22(29-11-28-21)33(12-30-18)23-19(34)17(31-32-26)20(38-23)24(35)36/h1-8,11-12,17,19-20,23,34H,9-10H2,(H,35,36)(H,27,28,29). The topological polar surface area (TPSA) is 180 Å². The average molecular weight is 537 g/mol. The summed E-state index contributed by atoms with van der Waals surface area (Å²) in [5.41, 5.74) is 11.2. The van der Waals surface area contributed by atoms with Crippen molar-refractivity contribution in [2.45, 2.75) is 37.6 Å². The number of aliphatic hydroxyl groups excluding tert-OH is 1. The molecule has 0 amide bonds. The zero-order valence-corrected chi connectivity index (χ0v) is 20.4. The molecular formula is C24H21ClN8O5. The number of nitrogens with one attached hydrogen (secondary N) is 1. The Labute approximate surface area is 220 Å². The first kappa shape index (κ1) is 25.2. The minimum atomic E-state index is -1.53. The van der Waals surface area contributed by atoms with E-state index in [1.807, 2.05) is 30.3 Å². The van der Waals surface area contributed by atoms with Gasteiger partial charge in [0.2, 0.25) is 0 Å². The van der Waals surface area contributed by atoms with Crippen molar-refractivity contribution >= 4 is 34.6 Å². The lowest BCUT2D eigenvalue weighted by atomic mass is 10.1. The second kappa shape index (κ2) is 10.9. The first-order valence-corrected chi connectivity index (χ1v) is 11.8. The van der Waals surface area contributed by atoms with E-state index in [0.29, 0.717) is 35.3 Å². The number of imidazole rings is 1. The summed E-state index contributed by atoms with van der Waals surface area (Å²) in [4.78, 5) is 27.0. The number of fused-ring (bicyclic) bond motifs is 1. The summed E-state index contributed by atoms with van der Waals surface area (Å²) in [6, 6.07) is 13.8. The van der Waals surface area contributed by atoms with E-state index in [1.165, 1.54) is 17.2 Å². The van der Waals surface area contributed by atoms with Gasteiger partial charge < -0.3 is 25.0 Å². The maximum Gasteiger partial charge on any atom is 0.333 e. The van der Waals surface area contributed by atoms with Crippen molar-refractivity contribution in [3.05, 3.63) is 87.8 Å². The highest BCUT2D eigenvalue weighted by atomic mass is 35.5. The Bertz CT molecular complexity index is 1510. The van der Waals surface area contributed by atoms with E-state index in [-0.39, 0.29) is 5.65 Å². The zero-order valence-electron chi connectivity index (χ0n) is 19.6. The van der Waals surface area contributed by atoms with Gasteiger partial charge in [-0.3, -0.25) is 4.57 Å². The van der Waals surface area contributed by atoms with Gasteiger partial charge in [-0.15, -0.1) is 0 Å². The molecule has 1 aliphatic rings. The van der Waals surface area contributed by atoms with Crippen LogP contribution < -0.4 is 10.1 Å². The van der Waals surface area contributed by atoms with Gasteiger partial charge in [0.25, 0.3) is 0 Å². The van der Waals surface area contributed by atoms with Crippen LogP contribution in [0.2, 0.25) is 5.02 Å². The normalized spacial score (nSPS) is 20.7. The third kappa shape index (κ3) is 5.04. The smallest absolute Gasteiger partial charge is 0.333 e. The van der Waals surface area contributed by atoms with E-state index in [0.717, 1.165) is 11.1 Å². The summed E-state index contributed by atoms with van der Waals surface area (Å²) in [7, 11) is 0. The summed E-state index contributed by atoms with van der Waals surface area (Å²) >= 11 is 6.23. The van der Waals surface area contributed by atoms with E-state index in [9.17, 15) is 15.0 Å². The van der Waals surface area contributed by atoms with Gasteiger partial charge in [-0.2, -0.15) is 0 Å². The summed E-state index contributed by atoms with van der Waals surface area (Å²) in [6.45, 7) is 0.682. The molecule has 194 valence electrons. The lowest BCUT2D eigenvalue weighted by Gasteiger charge is -2.17. The van der Waals surface area contributed by atoms with Gasteiger partial charge in [-0.25, -0.2) is 19.7 Å². The minimum Gasteiger partial charge on any atom is -0.489 e. The number of hydrogen-bond donors (Lipinski definition) is 3. The van der Waals surface area contributed by atoms with Crippen molar-refractivity contribution < 1.29 is 24.5 Å². The Balaban J connectivity index is 1.37. The number of anilines is 1. The number of aromatic nitrogens is 4. The predicted octanol–water partition coefficient (Wildman–Crippen LogP) is 3.69. The number of aliphatic hydroxyl groups is 1. The highest BCUT2D eigenvalue weighted by Gasteiger charge is 2.48. The lowest BCUT2D eigenvalue weighted by molar-refractivity contribution is -0.152. The summed E-state index contributed by atoms with van der Waals surface area (Å²) in [5, 5.41) is 27.2. The van der Waals surface area contributed by atoms with Crippen molar-refractivity contribution in [2.24, 2.45) is 5.11 Å². The Morgan fingerprint density at radius 3 is 2.82 bits per heavy atom. The molecule has 14 heteroatoms. The highest BCUT2D eigenvalue weighted by Crippen LogP contribution is 2.34. The fourth-order valence-electron chi connectivity index (χ4n) is 4.19. The first-order chi connectivity index (χ1) is 18.5. The molecule has 0 saturated carbocycles. The fraction of sp³-hybridized carbons (Fsp3) is 0.250. The molecule has 0 spiro atoms. The number of carbonyl (C=O) groups is 1. The van der Waals surface area contributed by atoms with Gasteiger partial charge in [-0.05, 0) is 29.3 Å². The molecule has 13 nitrogen and oxygen atoms in total. The predicted molar refractivity (Wildman–Crippen MR) is 135 cm³/mol. The van der Waals surface area contributed by atoms with E-state index in [1.54, 1.807) is 18.2 Å². The van der Waals surface area contributed by atoms with Gasteiger partial charge in [0.05, 0.1) is 6.33 Å². The average Bonchev–Trinajstić information content (AvgIpc) is 3.49. The van der Waals surface area contributed by atoms with E-state index in [4.69, 9.17) is 26.6 Å². The quantitative estimate of drug-likeness (QED) is 0.163. The van der Waals surface area contributed by atoms with Crippen molar-refractivity contribution in [3.8, 4) is 5.75 Å². The van der Waals surface area contributed by atoms with Crippen LogP contribution in [0.25, 0.3) is 21.6 Å². The number of ether oxygens (including phenoxy) is 2. The SMILES string of the molecule is [N-]=[N+]=NC1C(C(=O)O)OC(n2cnc3c(NCc4cc(Cl)ccc4OCc4ccccc4)ncnc32)C1O. The molecule has 4 atom stereocenters. The third-order valence-electron chi connectivity index (χ3n) is 6.01. The van der Waals surface area contributed by atoms with Crippen LogP contribution in [0.3, 0.4) is 0 Å². The molecule has 4 aromatic rings. The zero-order chi connectivity index (χ0) is 26.6. The Kier molecular flexibility index (Phi) is 7.24. The number of hydrogen-bond acceptors (Lipinski definition) is 9. The first-order valence-electron chi connectivity index (χ1n) is 11.4. The number of carboxylic acids is 1. The number of azide groups is 1. The summed E-state index contributed by atoms with van der Waals surface area (Å²) in [5.74, 6) is -0.332. The summed E-state index contributed by atoms with van der Waals surface area (Å²) in [6.07, 6.45) is -1.50. The van der Waals surface area contributed by atoms with Crippen LogP contribution >= 0.6 is 11.6 Å². The second-order valence-corrected chi connectivity index (χ2v) is 8.83. The van der Waals surface area contributed by atoms with Crippen LogP contribution in [0.5, 0.6) is 5.75 Å². The highest BCUT2D eigenvalue weighted by molar-refractivity contribution is 6.30. The Morgan fingerprint density at radius 1 is 1.24 bits per heavy atom. The Morgan fingerprint density at radius 2 is 2.05 bits per heavy atom. The molecule has 1 fully saturated rings. The molecule has 38 heavy (non-hydrogen) atoms. The molecule has 3 N–H and O–H groups in total. The van der Waals surface area contributed by atoms with E-state index < -0.39 is 30.4 Å². The lowest BCUT2D eigenvalue weighted by Crippen LogP contribution is -2.34. The monoisotopic (exact) mass is 536 g/mol. The largest absolute Gasteiger partial charge is 0.489 e. The van der Waals surface area contributed by atoms with Crippen LogP contribution in [0, 0.1) is 0 Å². The van der Waals surface area contributed by atoms with Gasteiger partial charge in [-0.1, -0.05) is 47.0 Å². The second-order valence-electron chi connectivity index (χ2n) is 8.40. The maximum atomic E-state index is 11.6. The van der Waals surface area contributed by atoms with E-state index in [2.05, 4.69) is 30.3 Å².